The number of imidazole rings is 1. The molecule has 2 rings (SSSR count). The largest absolute Gasteiger partial charge is 0.368 e. The summed E-state index contributed by atoms with van der Waals surface area (Å²) in [4.78, 5) is 6.97. The first-order valence-corrected chi connectivity index (χ1v) is 5.41. The van der Waals surface area contributed by atoms with Gasteiger partial charge >= 0.3 is 0 Å². The zero-order valence-corrected chi connectivity index (χ0v) is 9.60. The summed E-state index contributed by atoms with van der Waals surface area (Å²) in [7, 11) is 0. The lowest BCUT2D eigenvalue weighted by Gasteiger charge is -2.13. The summed E-state index contributed by atoms with van der Waals surface area (Å²) in [6, 6.07) is 8.38. The van der Waals surface area contributed by atoms with Crippen LogP contribution in [0.5, 0.6) is 0 Å². The maximum absolute atomic E-state index is 5.76. The highest BCUT2D eigenvalue weighted by atomic mass is 16.5. The van der Waals surface area contributed by atoms with Crippen LogP contribution in [0.4, 0.5) is 0 Å². The minimum atomic E-state index is 0.100. The molecule has 0 aliphatic heterocycles. The third kappa shape index (κ3) is 2.70. The fourth-order valence-corrected chi connectivity index (χ4v) is 1.60. The van der Waals surface area contributed by atoms with E-state index in [0.29, 0.717) is 6.61 Å². The van der Waals surface area contributed by atoms with Crippen LogP contribution in [0, 0.1) is 6.92 Å². The third-order valence-corrected chi connectivity index (χ3v) is 2.56. The van der Waals surface area contributed by atoms with Crippen LogP contribution in [0.15, 0.2) is 36.8 Å². The molecule has 0 saturated carbocycles. The van der Waals surface area contributed by atoms with Crippen molar-refractivity contribution >= 4 is 0 Å². The van der Waals surface area contributed by atoms with Gasteiger partial charge in [0.2, 0.25) is 0 Å². The molecule has 2 aromatic rings. The van der Waals surface area contributed by atoms with Gasteiger partial charge in [0.25, 0.3) is 0 Å². The Labute approximate surface area is 95.5 Å². The predicted octanol–water partition coefficient (Wildman–Crippen LogP) is 3.00. The number of hydrogen-bond acceptors (Lipinski definition) is 2. The fraction of sp³-hybridized carbons (Fsp3) is 0.308. The van der Waals surface area contributed by atoms with Crippen LogP contribution in [0.1, 0.15) is 29.8 Å². The summed E-state index contributed by atoms with van der Waals surface area (Å²) in [6.07, 6.45) is 3.54. The number of aryl methyl sites for hydroxylation is 1. The third-order valence-electron chi connectivity index (χ3n) is 2.56. The molecule has 1 aromatic carbocycles. The molecule has 1 unspecified atom stereocenters. The van der Waals surface area contributed by atoms with Gasteiger partial charge in [-0.05, 0) is 19.4 Å². The van der Waals surface area contributed by atoms with Crippen molar-refractivity contribution in [3.8, 4) is 0 Å². The Bertz CT molecular complexity index is 437. The van der Waals surface area contributed by atoms with E-state index in [2.05, 4.69) is 48.1 Å². The average Bonchev–Trinajstić information content (AvgIpc) is 2.78. The zero-order chi connectivity index (χ0) is 11.4. The number of nitrogens with zero attached hydrogens (tertiary/aromatic N) is 1. The molecular weight excluding hydrogens is 200 g/mol. The Morgan fingerprint density at radius 1 is 1.44 bits per heavy atom. The molecule has 1 atom stereocenters. The Kier molecular flexibility index (Phi) is 3.37. The normalized spacial score (nSPS) is 12.6. The standard InChI is InChI=1S/C13H16N2O/c1-10-4-3-5-12(6-10)11(2)16-8-13-7-14-9-15-13/h3-7,9,11H,8H2,1-2H3,(H,14,15). The molecule has 1 N–H and O–H groups in total. The quantitative estimate of drug-likeness (QED) is 0.853. The summed E-state index contributed by atoms with van der Waals surface area (Å²) < 4.78 is 5.76. The monoisotopic (exact) mass is 216 g/mol. The molecule has 1 aromatic heterocycles. The Balaban J connectivity index is 1.95. The molecule has 0 spiro atoms. The van der Waals surface area contributed by atoms with Gasteiger partial charge in [0, 0.05) is 0 Å². The van der Waals surface area contributed by atoms with Crippen molar-refractivity contribution in [2.75, 3.05) is 0 Å². The molecule has 3 heteroatoms. The van der Waals surface area contributed by atoms with Crippen LogP contribution in [0.3, 0.4) is 0 Å². The van der Waals surface area contributed by atoms with E-state index >= 15 is 0 Å². The first-order chi connectivity index (χ1) is 7.75. The van der Waals surface area contributed by atoms with E-state index in [0.717, 1.165) is 5.69 Å². The Hall–Kier alpha value is -1.61. The minimum absolute atomic E-state index is 0.100. The molecule has 0 fully saturated rings. The van der Waals surface area contributed by atoms with E-state index in [1.54, 1.807) is 12.5 Å². The highest BCUT2D eigenvalue weighted by Gasteiger charge is 2.06. The van der Waals surface area contributed by atoms with Crippen molar-refractivity contribution in [3.63, 3.8) is 0 Å². The van der Waals surface area contributed by atoms with Crippen LogP contribution < -0.4 is 0 Å². The van der Waals surface area contributed by atoms with E-state index in [4.69, 9.17) is 4.74 Å². The number of hydrogen-bond donors (Lipinski definition) is 1. The lowest BCUT2D eigenvalue weighted by molar-refractivity contribution is 0.0507. The van der Waals surface area contributed by atoms with Gasteiger partial charge in [-0.15, -0.1) is 0 Å². The maximum Gasteiger partial charge on any atom is 0.0922 e. The predicted molar refractivity (Wildman–Crippen MR) is 63.0 cm³/mol. The van der Waals surface area contributed by atoms with E-state index in [9.17, 15) is 0 Å². The summed E-state index contributed by atoms with van der Waals surface area (Å²) >= 11 is 0. The van der Waals surface area contributed by atoms with Crippen LogP contribution in [-0.4, -0.2) is 9.97 Å². The number of nitrogens with one attached hydrogen (secondary N) is 1. The highest BCUT2D eigenvalue weighted by molar-refractivity contribution is 5.23. The van der Waals surface area contributed by atoms with Crippen molar-refractivity contribution < 1.29 is 4.74 Å². The second kappa shape index (κ2) is 4.94. The topological polar surface area (TPSA) is 37.9 Å². The lowest BCUT2D eigenvalue weighted by atomic mass is 10.1. The molecule has 0 radical (unpaired) electrons. The van der Waals surface area contributed by atoms with Crippen molar-refractivity contribution in [2.24, 2.45) is 0 Å². The number of aromatic amines is 1. The number of rotatable bonds is 4. The van der Waals surface area contributed by atoms with Crippen LogP contribution in [0.2, 0.25) is 0 Å². The fourth-order valence-electron chi connectivity index (χ4n) is 1.60. The number of aromatic nitrogens is 2. The number of benzene rings is 1. The Morgan fingerprint density at radius 3 is 3.00 bits per heavy atom. The van der Waals surface area contributed by atoms with Gasteiger partial charge < -0.3 is 9.72 Å². The molecular formula is C13H16N2O. The summed E-state index contributed by atoms with van der Waals surface area (Å²) in [5.41, 5.74) is 3.47. The van der Waals surface area contributed by atoms with Crippen LogP contribution in [0.25, 0.3) is 0 Å². The molecule has 0 aliphatic carbocycles. The molecule has 0 saturated heterocycles. The van der Waals surface area contributed by atoms with Crippen molar-refractivity contribution in [3.05, 3.63) is 53.6 Å². The van der Waals surface area contributed by atoms with Crippen LogP contribution in [-0.2, 0) is 11.3 Å². The SMILES string of the molecule is Cc1cccc(C(C)OCc2cnc[nH]2)c1. The molecule has 0 bridgehead atoms. The summed E-state index contributed by atoms with van der Waals surface area (Å²) in [6.45, 7) is 4.71. The van der Waals surface area contributed by atoms with Gasteiger partial charge in [0.05, 0.1) is 30.9 Å². The van der Waals surface area contributed by atoms with Gasteiger partial charge in [-0.3, -0.25) is 0 Å². The smallest absolute Gasteiger partial charge is 0.0922 e. The maximum atomic E-state index is 5.76. The van der Waals surface area contributed by atoms with E-state index < -0.39 is 0 Å². The van der Waals surface area contributed by atoms with Crippen LogP contribution >= 0.6 is 0 Å². The number of ether oxygens (including phenoxy) is 1. The molecule has 0 aliphatic rings. The van der Waals surface area contributed by atoms with Gasteiger partial charge in [0.1, 0.15) is 0 Å². The van der Waals surface area contributed by atoms with E-state index in [1.165, 1.54) is 11.1 Å². The molecule has 84 valence electrons. The molecule has 3 nitrogen and oxygen atoms in total. The van der Waals surface area contributed by atoms with Gasteiger partial charge in [0.15, 0.2) is 0 Å². The first kappa shape index (κ1) is 10.9. The highest BCUT2D eigenvalue weighted by Crippen LogP contribution is 2.18. The first-order valence-electron chi connectivity index (χ1n) is 5.41. The van der Waals surface area contributed by atoms with Gasteiger partial charge in [-0.1, -0.05) is 29.8 Å². The molecule has 0 amide bonds. The van der Waals surface area contributed by atoms with Gasteiger partial charge in [-0.2, -0.15) is 0 Å². The van der Waals surface area contributed by atoms with Crippen molar-refractivity contribution in [2.45, 2.75) is 26.6 Å². The van der Waals surface area contributed by atoms with Crippen molar-refractivity contribution in [1.82, 2.24) is 9.97 Å². The van der Waals surface area contributed by atoms with E-state index in [1.807, 2.05) is 0 Å². The summed E-state index contributed by atoms with van der Waals surface area (Å²) in [5, 5.41) is 0. The lowest BCUT2D eigenvalue weighted by Crippen LogP contribution is -2.00. The van der Waals surface area contributed by atoms with Crippen molar-refractivity contribution in [1.29, 1.82) is 0 Å². The zero-order valence-electron chi connectivity index (χ0n) is 9.60. The Morgan fingerprint density at radius 2 is 2.31 bits per heavy atom. The second-order valence-corrected chi connectivity index (χ2v) is 3.94. The second-order valence-electron chi connectivity index (χ2n) is 3.94. The molecule has 1 heterocycles. The minimum Gasteiger partial charge on any atom is -0.368 e. The number of H-pyrrole nitrogens is 1. The van der Waals surface area contributed by atoms with Gasteiger partial charge in [-0.25, -0.2) is 4.98 Å². The average molecular weight is 216 g/mol. The van der Waals surface area contributed by atoms with E-state index in [-0.39, 0.29) is 6.10 Å². The molecule has 16 heavy (non-hydrogen) atoms. The summed E-state index contributed by atoms with van der Waals surface area (Å²) in [5.74, 6) is 0.